The van der Waals surface area contributed by atoms with Crippen LogP contribution in [-0.4, -0.2) is 15.0 Å². The first-order chi connectivity index (χ1) is 6.36. The molecule has 0 radical (unpaired) electrons. The Kier molecular flexibility index (Phi) is 1.17. The van der Waals surface area contributed by atoms with Gasteiger partial charge in [-0.1, -0.05) is 11.3 Å². The molecule has 0 aliphatic heterocycles. The minimum absolute atomic E-state index is 0.562. The lowest BCUT2D eigenvalue weighted by atomic mass is 10.3. The molecule has 2 aromatic rings. The highest BCUT2D eigenvalue weighted by molar-refractivity contribution is 5.86. The number of fused-ring (bicyclic) bond motifs is 1. The summed E-state index contributed by atoms with van der Waals surface area (Å²) in [5.41, 5.74) is 8.37. The van der Waals surface area contributed by atoms with E-state index >= 15 is 0 Å². The zero-order valence-corrected chi connectivity index (χ0v) is 7.14. The zero-order chi connectivity index (χ0) is 8.84. The maximum Gasteiger partial charge on any atom is 0.136 e. The topological polar surface area (TPSA) is 56.7 Å². The molecule has 4 heteroatoms. The Morgan fingerprint density at radius 2 is 2.23 bits per heavy atom. The summed E-state index contributed by atoms with van der Waals surface area (Å²) in [4.78, 5) is 0. The van der Waals surface area contributed by atoms with Crippen molar-refractivity contribution in [3.8, 4) is 0 Å². The van der Waals surface area contributed by atoms with Crippen molar-refractivity contribution in [3.63, 3.8) is 0 Å². The predicted molar refractivity (Wildman–Crippen MR) is 50.2 cm³/mol. The third-order valence-electron chi connectivity index (χ3n) is 2.43. The molecule has 0 unspecified atom stereocenters. The lowest BCUT2D eigenvalue weighted by Crippen LogP contribution is -1.95. The van der Waals surface area contributed by atoms with Crippen molar-refractivity contribution in [2.45, 2.75) is 18.9 Å². The fourth-order valence-corrected chi connectivity index (χ4v) is 1.57. The predicted octanol–water partition coefficient (Wildman–Crippen LogP) is 1.35. The second-order valence-corrected chi connectivity index (χ2v) is 3.48. The number of aromatic nitrogens is 3. The molecular formula is C9H10N4. The fourth-order valence-electron chi connectivity index (χ4n) is 1.57. The van der Waals surface area contributed by atoms with Crippen LogP contribution in [0.3, 0.4) is 0 Å². The van der Waals surface area contributed by atoms with Gasteiger partial charge in [-0.3, -0.25) is 0 Å². The summed E-state index contributed by atoms with van der Waals surface area (Å²) in [6.07, 6.45) is 2.43. The molecule has 66 valence electrons. The lowest BCUT2D eigenvalue weighted by Gasteiger charge is -1.97. The normalized spacial score (nSPS) is 16.6. The number of hydrogen-bond donors (Lipinski definition) is 1. The summed E-state index contributed by atoms with van der Waals surface area (Å²) in [5, 5.41) is 8.17. The van der Waals surface area contributed by atoms with Gasteiger partial charge in [-0.05, 0) is 25.0 Å². The van der Waals surface area contributed by atoms with E-state index in [1.807, 2.05) is 22.9 Å². The molecule has 0 bridgehead atoms. The molecule has 0 spiro atoms. The maximum atomic E-state index is 5.77. The van der Waals surface area contributed by atoms with Gasteiger partial charge in [0, 0.05) is 0 Å². The van der Waals surface area contributed by atoms with Gasteiger partial charge in [-0.15, -0.1) is 5.10 Å². The van der Waals surface area contributed by atoms with Crippen molar-refractivity contribution in [1.82, 2.24) is 15.0 Å². The van der Waals surface area contributed by atoms with Gasteiger partial charge in [0.05, 0.1) is 17.2 Å². The molecular weight excluding hydrogens is 164 g/mol. The highest BCUT2D eigenvalue weighted by Crippen LogP contribution is 2.36. The standard InChI is InChI=1S/C9H10N4/c10-7-2-1-3-8-9(7)11-12-13(8)6-4-5-6/h1-3,6H,4-5,10H2. The summed E-state index contributed by atoms with van der Waals surface area (Å²) in [6, 6.07) is 6.38. The van der Waals surface area contributed by atoms with Crippen LogP contribution in [0.4, 0.5) is 5.69 Å². The average Bonchev–Trinajstić information content (AvgIpc) is 2.87. The van der Waals surface area contributed by atoms with Crippen LogP contribution in [0.25, 0.3) is 11.0 Å². The van der Waals surface area contributed by atoms with Gasteiger partial charge in [0.25, 0.3) is 0 Å². The van der Waals surface area contributed by atoms with Crippen molar-refractivity contribution in [2.75, 3.05) is 5.73 Å². The molecule has 1 aromatic heterocycles. The van der Waals surface area contributed by atoms with Crippen LogP contribution >= 0.6 is 0 Å². The molecule has 3 rings (SSSR count). The van der Waals surface area contributed by atoms with Gasteiger partial charge in [-0.2, -0.15) is 0 Å². The third-order valence-corrected chi connectivity index (χ3v) is 2.43. The summed E-state index contributed by atoms with van der Waals surface area (Å²) in [7, 11) is 0. The second-order valence-electron chi connectivity index (χ2n) is 3.48. The van der Waals surface area contributed by atoms with Gasteiger partial charge in [0.2, 0.25) is 0 Å². The van der Waals surface area contributed by atoms with E-state index in [0.29, 0.717) is 11.7 Å². The third kappa shape index (κ3) is 0.915. The van der Waals surface area contributed by atoms with Crippen LogP contribution in [0.1, 0.15) is 18.9 Å². The number of hydrogen-bond acceptors (Lipinski definition) is 3. The van der Waals surface area contributed by atoms with Gasteiger partial charge >= 0.3 is 0 Å². The highest BCUT2D eigenvalue weighted by atomic mass is 15.4. The van der Waals surface area contributed by atoms with E-state index in [1.165, 1.54) is 12.8 Å². The number of nitrogens with two attached hydrogens (primary N) is 1. The zero-order valence-electron chi connectivity index (χ0n) is 7.14. The van der Waals surface area contributed by atoms with Crippen molar-refractivity contribution in [3.05, 3.63) is 18.2 Å². The first-order valence-corrected chi connectivity index (χ1v) is 4.45. The van der Waals surface area contributed by atoms with E-state index in [1.54, 1.807) is 0 Å². The molecule has 0 amide bonds. The molecule has 0 saturated heterocycles. The molecule has 1 fully saturated rings. The molecule has 4 nitrogen and oxygen atoms in total. The molecule has 0 atom stereocenters. The van der Waals surface area contributed by atoms with Gasteiger partial charge < -0.3 is 5.73 Å². The van der Waals surface area contributed by atoms with E-state index in [2.05, 4.69) is 10.3 Å². The Bertz CT molecular complexity index is 456. The Hall–Kier alpha value is -1.58. The number of benzene rings is 1. The van der Waals surface area contributed by atoms with Crippen LogP contribution in [0.2, 0.25) is 0 Å². The smallest absolute Gasteiger partial charge is 0.136 e. The summed E-state index contributed by atoms with van der Waals surface area (Å²) < 4.78 is 1.98. The van der Waals surface area contributed by atoms with Gasteiger partial charge in [-0.25, -0.2) is 4.68 Å². The minimum atomic E-state index is 0.562. The van der Waals surface area contributed by atoms with Crippen LogP contribution < -0.4 is 5.73 Å². The van der Waals surface area contributed by atoms with Crippen molar-refractivity contribution < 1.29 is 0 Å². The Morgan fingerprint density at radius 1 is 1.38 bits per heavy atom. The number of nitrogen functional groups attached to an aromatic ring is 1. The largest absolute Gasteiger partial charge is 0.397 e. The second kappa shape index (κ2) is 2.22. The first kappa shape index (κ1) is 6.88. The quantitative estimate of drug-likeness (QED) is 0.664. The lowest BCUT2D eigenvalue weighted by molar-refractivity contribution is 0.630. The molecule has 1 aliphatic carbocycles. The SMILES string of the molecule is Nc1cccc2c1nnn2C1CC1. The van der Waals surface area contributed by atoms with Crippen LogP contribution in [0.15, 0.2) is 18.2 Å². The summed E-state index contributed by atoms with van der Waals surface area (Å²) in [5.74, 6) is 0. The molecule has 1 heterocycles. The van der Waals surface area contributed by atoms with Gasteiger partial charge in [0.1, 0.15) is 5.52 Å². The van der Waals surface area contributed by atoms with Crippen LogP contribution in [0, 0.1) is 0 Å². The number of anilines is 1. The molecule has 2 N–H and O–H groups in total. The van der Waals surface area contributed by atoms with E-state index in [9.17, 15) is 0 Å². The monoisotopic (exact) mass is 174 g/mol. The van der Waals surface area contributed by atoms with Gasteiger partial charge in [0.15, 0.2) is 0 Å². The van der Waals surface area contributed by atoms with Crippen molar-refractivity contribution in [1.29, 1.82) is 0 Å². The number of nitrogens with zero attached hydrogens (tertiary/aromatic N) is 3. The number of rotatable bonds is 1. The van der Waals surface area contributed by atoms with Crippen molar-refractivity contribution >= 4 is 16.7 Å². The van der Waals surface area contributed by atoms with E-state index in [4.69, 9.17) is 5.73 Å². The first-order valence-electron chi connectivity index (χ1n) is 4.45. The fraction of sp³-hybridized carbons (Fsp3) is 0.333. The molecule has 1 saturated carbocycles. The van der Waals surface area contributed by atoms with E-state index < -0.39 is 0 Å². The summed E-state index contributed by atoms with van der Waals surface area (Å²) in [6.45, 7) is 0. The van der Waals surface area contributed by atoms with E-state index in [-0.39, 0.29) is 0 Å². The molecule has 1 aliphatic rings. The Balaban J connectivity index is 2.32. The molecule has 1 aromatic carbocycles. The Morgan fingerprint density at radius 3 is 3.00 bits per heavy atom. The summed E-state index contributed by atoms with van der Waals surface area (Å²) >= 11 is 0. The minimum Gasteiger partial charge on any atom is -0.397 e. The van der Waals surface area contributed by atoms with Crippen LogP contribution in [0.5, 0.6) is 0 Å². The van der Waals surface area contributed by atoms with E-state index in [0.717, 1.165) is 11.0 Å². The maximum absolute atomic E-state index is 5.77. The molecule has 13 heavy (non-hydrogen) atoms. The van der Waals surface area contributed by atoms with Crippen LogP contribution in [-0.2, 0) is 0 Å². The van der Waals surface area contributed by atoms with Crippen molar-refractivity contribution in [2.24, 2.45) is 0 Å². The average molecular weight is 174 g/mol. The Labute approximate surface area is 75.3 Å². The highest BCUT2D eigenvalue weighted by Gasteiger charge is 2.26.